The van der Waals surface area contributed by atoms with Crippen LogP contribution in [-0.2, 0) is 0 Å². The number of alkyl halides is 4. The molecule has 0 heterocycles. The highest BCUT2D eigenvalue weighted by Gasteiger charge is 2.31. The molecule has 8 heteroatoms. The summed E-state index contributed by atoms with van der Waals surface area (Å²) in [6.07, 6.45) is -4.71. The van der Waals surface area contributed by atoms with Crippen LogP contribution in [0.3, 0.4) is 0 Å². The average Bonchev–Trinajstić information content (AvgIpc) is 2.19. The molecule has 0 aliphatic rings. The molecule has 0 unspecified atom stereocenters. The van der Waals surface area contributed by atoms with E-state index in [1.54, 1.807) is 0 Å². The molecule has 1 aromatic carbocycles. The molecule has 2 N–H and O–H groups in total. The fourth-order valence-electron chi connectivity index (χ4n) is 0.960. The van der Waals surface area contributed by atoms with Crippen molar-refractivity contribution in [2.45, 2.75) is 6.36 Å². The van der Waals surface area contributed by atoms with Gasteiger partial charge in [0.05, 0.1) is 11.6 Å². The molecule has 1 aromatic rings. The molecule has 0 fully saturated rings. The van der Waals surface area contributed by atoms with E-state index in [9.17, 15) is 13.2 Å². The summed E-state index contributed by atoms with van der Waals surface area (Å²) in [4.78, 5) is 3.93. The maximum Gasteiger partial charge on any atom is 0.573 e. The Morgan fingerprint density at radius 2 is 2.12 bits per heavy atom. The number of ether oxygens (including phenoxy) is 1. The molecule has 0 aromatic heterocycles. The monoisotopic (exact) mass is 378 g/mol. The van der Waals surface area contributed by atoms with Crippen LogP contribution in [0.15, 0.2) is 23.2 Å². The first-order valence-corrected chi connectivity index (χ1v) is 5.87. The van der Waals surface area contributed by atoms with Gasteiger partial charge in [0.2, 0.25) is 0 Å². The number of halogens is 5. The Bertz CT molecular complexity index is 437. The van der Waals surface area contributed by atoms with Crippen LogP contribution in [-0.4, -0.2) is 18.1 Å². The molecule has 0 aliphatic carbocycles. The zero-order valence-electron chi connectivity index (χ0n) is 8.26. The van der Waals surface area contributed by atoms with Crippen molar-refractivity contribution in [3.05, 3.63) is 21.8 Å². The van der Waals surface area contributed by atoms with Gasteiger partial charge in [0.15, 0.2) is 0 Å². The van der Waals surface area contributed by atoms with Gasteiger partial charge in [-0.25, -0.2) is 4.99 Å². The van der Waals surface area contributed by atoms with E-state index in [0.717, 1.165) is 6.07 Å². The zero-order valence-corrected chi connectivity index (χ0v) is 11.2. The predicted molar refractivity (Wildman–Crippen MR) is 67.8 cm³/mol. The van der Waals surface area contributed by atoms with Crippen molar-refractivity contribution in [2.24, 2.45) is 10.7 Å². The third-order valence-corrected chi connectivity index (χ3v) is 2.69. The maximum absolute atomic E-state index is 11.9. The Morgan fingerprint density at radius 1 is 1.47 bits per heavy atom. The quantitative estimate of drug-likeness (QED) is 0.379. The summed E-state index contributed by atoms with van der Waals surface area (Å²) in [5.41, 5.74) is 5.86. The molecular formula is C9H7ClF3IN2O. The van der Waals surface area contributed by atoms with Crippen LogP contribution in [0.25, 0.3) is 0 Å². The van der Waals surface area contributed by atoms with E-state index in [4.69, 9.17) is 17.3 Å². The van der Waals surface area contributed by atoms with Crippen molar-refractivity contribution in [1.29, 1.82) is 0 Å². The van der Waals surface area contributed by atoms with Crippen LogP contribution in [0.5, 0.6) is 5.75 Å². The summed E-state index contributed by atoms with van der Waals surface area (Å²) >= 11 is 7.28. The standard InChI is InChI=1S/C9H7ClF3IN2O/c10-4-8(15)16-7-2-1-5(3-6(7)14)17-9(11,12)13/h1-3H,4H2,(H2,15,16). The van der Waals surface area contributed by atoms with Gasteiger partial charge in [-0.15, -0.1) is 24.8 Å². The smallest absolute Gasteiger partial charge is 0.406 e. The SMILES string of the molecule is NC(CCl)=Nc1ccc(OC(F)(F)F)cc1I. The van der Waals surface area contributed by atoms with E-state index in [-0.39, 0.29) is 17.5 Å². The number of nitrogens with two attached hydrogens (primary N) is 1. The molecule has 0 aliphatic heterocycles. The van der Waals surface area contributed by atoms with Gasteiger partial charge in [-0.1, -0.05) is 0 Å². The maximum atomic E-state index is 11.9. The van der Waals surface area contributed by atoms with Crippen molar-refractivity contribution in [3.8, 4) is 5.75 Å². The number of hydrogen-bond donors (Lipinski definition) is 1. The summed E-state index contributed by atoms with van der Waals surface area (Å²) in [6.45, 7) is 0. The fraction of sp³-hybridized carbons (Fsp3) is 0.222. The molecule has 0 spiro atoms. The van der Waals surface area contributed by atoms with E-state index in [2.05, 4.69) is 9.73 Å². The van der Waals surface area contributed by atoms with Crippen molar-refractivity contribution in [2.75, 3.05) is 5.88 Å². The number of hydrogen-bond acceptors (Lipinski definition) is 2. The Hall–Kier alpha value is -0.700. The number of aliphatic imine (C=N–C) groups is 1. The Morgan fingerprint density at radius 3 is 2.59 bits per heavy atom. The summed E-state index contributed by atoms with van der Waals surface area (Å²) in [5.74, 6) is -0.0592. The van der Waals surface area contributed by atoms with Crippen LogP contribution in [0.1, 0.15) is 0 Å². The van der Waals surface area contributed by atoms with Gasteiger partial charge < -0.3 is 10.5 Å². The van der Waals surface area contributed by atoms with E-state index in [1.165, 1.54) is 12.1 Å². The van der Waals surface area contributed by atoms with E-state index in [1.807, 2.05) is 22.6 Å². The highest BCUT2D eigenvalue weighted by atomic mass is 127. The van der Waals surface area contributed by atoms with Gasteiger partial charge >= 0.3 is 6.36 Å². The Balaban J connectivity index is 2.94. The van der Waals surface area contributed by atoms with Crippen LogP contribution in [0.2, 0.25) is 0 Å². The van der Waals surface area contributed by atoms with Crippen molar-refractivity contribution < 1.29 is 17.9 Å². The highest BCUT2D eigenvalue weighted by Crippen LogP contribution is 2.29. The molecule has 17 heavy (non-hydrogen) atoms. The van der Waals surface area contributed by atoms with Gasteiger partial charge in [-0.05, 0) is 40.8 Å². The third-order valence-electron chi connectivity index (χ3n) is 1.55. The lowest BCUT2D eigenvalue weighted by atomic mass is 10.3. The van der Waals surface area contributed by atoms with Crippen molar-refractivity contribution in [3.63, 3.8) is 0 Å². The first-order chi connectivity index (χ1) is 7.81. The minimum absolute atomic E-state index is 0.0525. The number of benzene rings is 1. The predicted octanol–water partition coefficient (Wildman–Crippen LogP) is 3.42. The third kappa shape index (κ3) is 4.99. The normalized spacial score (nSPS) is 12.6. The molecule has 0 radical (unpaired) electrons. The molecule has 1 rings (SSSR count). The lowest BCUT2D eigenvalue weighted by Gasteiger charge is -2.09. The van der Waals surface area contributed by atoms with Crippen molar-refractivity contribution in [1.82, 2.24) is 0 Å². The largest absolute Gasteiger partial charge is 0.573 e. The van der Waals surface area contributed by atoms with Gasteiger partial charge in [-0.3, -0.25) is 0 Å². The number of rotatable bonds is 3. The molecular weight excluding hydrogens is 371 g/mol. The minimum Gasteiger partial charge on any atom is -0.406 e. The highest BCUT2D eigenvalue weighted by molar-refractivity contribution is 14.1. The summed E-state index contributed by atoms with van der Waals surface area (Å²) < 4.78 is 40.1. The Kier molecular flexibility index (Phi) is 4.87. The average molecular weight is 379 g/mol. The van der Waals surface area contributed by atoms with Crippen molar-refractivity contribution >= 4 is 45.7 Å². The molecule has 0 saturated heterocycles. The molecule has 0 bridgehead atoms. The molecule has 0 saturated carbocycles. The second-order valence-electron chi connectivity index (χ2n) is 2.90. The number of amidine groups is 1. The zero-order chi connectivity index (χ0) is 13.1. The fourth-order valence-corrected chi connectivity index (χ4v) is 1.63. The molecule has 94 valence electrons. The molecule has 0 atom stereocenters. The first-order valence-electron chi connectivity index (χ1n) is 4.26. The lowest BCUT2D eigenvalue weighted by molar-refractivity contribution is -0.274. The second kappa shape index (κ2) is 5.76. The number of nitrogens with zero attached hydrogens (tertiary/aromatic N) is 1. The summed E-state index contributed by atoms with van der Waals surface area (Å²) in [6, 6.07) is 3.76. The first kappa shape index (κ1) is 14.4. The summed E-state index contributed by atoms with van der Waals surface area (Å²) in [7, 11) is 0. The van der Waals surface area contributed by atoms with Crippen LogP contribution < -0.4 is 10.5 Å². The van der Waals surface area contributed by atoms with E-state index in [0.29, 0.717) is 9.26 Å². The second-order valence-corrected chi connectivity index (χ2v) is 4.33. The summed E-state index contributed by atoms with van der Waals surface area (Å²) in [5, 5.41) is 0. The van der Waals surface area contributed by atoms with Gasteiger partial charge in [-0.2, -0.15) is 0 Å². The van der Waals surface area contributed by atoms with Gasteiger partial charge in [0.25, 0.3) is 0 Å². The van der Waals surface area contributed by atoms with Crippen LogP contribution in [0, 0.1) is 3.57 Å². The topological polar surface area (TPSA) is 47.6 Å². The lowest BCUT2D eigenvalue weighted by Crippen LogP contribution is -2.17. The van der Waals surface area contributed by atoms with Crippen LogP contribution in [0.4, 0.5) is 18.9 Å². The van der Waals surface area contributed by atoms with Gasteiger partial charge in [0.1, 0.15) is 11.6 Å². The molecule has 0 amide bonds. The van der Waals surface area contributed by atoms with Gasteiger partial charge in [0, 0.05) is 3.57 Å². The minimum atomic E-state index is -4.71. The molecule has 3 nitrogen and oxygen atoms in total. The Labute approximate surface area is 114 Å². The van der Waals surface area contributed by atoms with E-state index < -0.39 is 6.36 Å². The van der Waals surface area contributed by atoms with E-state index >= 15 is 0 Å². The van der Waals surface area contributed by atoms with Crippen LogP contribution >= 0.6 is 34.2 Å².